The van der Waals surface area contributed by atoms with Crippen molar-refractivity contribution in [2.75, 3.05) is 29.4 Å². The molecule has 0 aromatic heterocycles. The molecule has 0 unspecified atom stereocenters. The lowest BCUT2D eigenvalue weighted by Crippen LogP contribution is -2.72. The number of nitrogens with zero attached hydrogens (tertiary/aromatic N) is 6. The second kappa shape index (κ2) is 23.8. The van der Waals surface area contributed by atoms with E-state index >= 15 is 0 Å². The van der Waals surface area contributed by atoms with Crippen LogP contribution in [0, 0.1) is 0 Å². The third-order valence-electron chi connectivity index (χ3n) is 20.2. The average Bonchev–Trinajstić information content (AvgIpc) is 1.48. The molecule has 3 heterocycles. The summed E-state index contributed by atoms with van der Waals surface area (Å²) in [4.78, 5) is 14.6. The Morgan fingerprint density at radius 3 is 0.889 bits per heavy atom. The van der Waals surface area contributed by atoms with Crippen LogP contribution in [0.15, 0.2) is 388 Å². The minimum atomic E-state index is -2.94. The molecule has 0 atom stereocenters. The molecule has 3 aliphatic rings. The number of hydrogen-bond donors (Lipinski definition) is 0. The first-order valence-corrected chi connectivity index (χ1v) is 36.0. The predicted molar refractivity (Wildman–Crippen MR) is 419 cm³/mol. The quantitative estimate of drug-likeness (QED) is 0.0891. The highest BCUT2D eigenvalue weighted by Gasteiger charge is 2.50. The third-order valence-corrected chi connectivity index (χ3v) is 25.0. The van der Waals surface area contributed by atoms with Gasteiger partial charge in [-0.05, 0) is 223 Å². The second-order valence-corrected chi connectivity index (χ2v) is 29.4. The van der Waals surface area contributed by atoms with Crippen molar-refractivity contribution in [2.24, 2.45) is 0 Å². The molecular weight excluding hydrogens is 1220 g/mol. The Bertz CT molecular complexity index is 5570. The van der Waals surface area contributed by atoms with Crippen molar-refractivity contribution < 1.29 is 0 Å². The fraction of sp³-hybridized carbons (Fsp3) is 0. The zero-order valence-corrected chi connectivity index (χ0v) is 55.1. The monoisotopic (exact) mass is 1280 g/mol. The Labute approximate surface area is 577 Å². The predicted octanol–water partition coefficient (Wildman–Crippen LogP) is 22.8. The van der Waals surface area contributed by atoms with Crippen LogP contribution in [-0.4, -0.2) is 8.07 Å². The lowest BCUT2D eigenvalue weighted by Gasteiger charge is -2.42. The normalized spacial score (nSPS) is 13.1. The van der Waals surface area contributed by atoms with Gasteiger partial charge in [0.1, 0.15) is 0 Å². The molecule has 0 bridgehead atoms. The molecule has 99 heavy (non-hydrogen) atoms. The topological polar surface area (TPSA) is 19.4 Å². The van der Waals surface area contributed by atoms with Crippen LogP contribution in [0.3, 0.4) is 0 Å². The van der Waals surface area contributed by atoms with Gasteiger partial charge >= 0.3 is 0 Å². The second-order valence-electron chi connectivity index (χ2n) is 25.7. The molecule has 0 radical (unpaired) electrons. The van der Waals surface area contributed by atoms with Crippen molar-refractivity contribution in [3.63, 3.8) is 0 Å². The summed E-state index contributed by atoms with van der Waals surface area (Å²) in [5, 5.41) is 10.2. The molecule has 0 N–H and O–H groups in total. The van der Waals surface area contributed by atoms with Crippen LogP contribution in [0.5, 0.6) is 0 Å². The van der Waals surface area contributed by atoms with E-state index < -0.39 is 8.07 Å². The van der Waals surface area contributed by atoms with Crippen LogP contribution in [0.2, 0.25) is 0 Å². The van der Waals surface area contributed by atoms with E-state index in [1.165, 1.54) is 53.4 Å². The molecule has 19 rings (SSSR count). The number of benzene rings is 16. The molecular formula is C92H64N6Si. The van der Waals surface area contributed by atoms with Gasteiger partial charge in [0, 0.05) is 56.9 Å². The van der Waals surface area contributed by atoms with Crippen LogP contribution in [0.4, 0.5) is 102 Å². The smallest absolute Gasteiger partial charge is 0.180 e. The number of para-hydroxylation sites is 10. The fourth-order valence-corrected chi connectivity index (χ4v) is 21.2. The number of fused-ring (bicyclic) bond motifs is 9. The highest BCUT2D eigenvalue weighted by molar-refractivity contribution is 7.22. The molecule has 16 aromatic rings. The summed E-state index contributed by atoms with van der Waals surface area (Å²) in [6.07, 6.45) is 0. The first kappa shape index (κ1) is 57.5. The summed E-state index contributed by atoms with van der Waals surface area (Å²) >= 11 is 0. The summed E-state index contributed by atoms with van der Waals surface area (Å²) in [7, 11) is -2.94. The number of rotatable bonds is 12. The maximum atomic E-state index is 2.59. The van der Waals surface area contributed by atoms with E-state index in [0.717, 1.165) is 102 Å². The Kier molecular flexibility index (Phi) is 13.8. The Hall–Kier alpha value is -12.9. The standard InChI is InChI=1S/C92H64N6Si/c1-7-29-69(30-8-1)93(70-31-9-2-10-32-70)73-37-27-39-75(61-73)95-83-46-20-22-48-85(83)96(86-49-23-21-47-84(86)95)77-55-53-65-58-68-60-78(56-54-66(68)57-67(65)59-77)98-88-51-25-24-50-87(88)97(76-40-28-38-74(62-76)94(71-33-11-3-12-34-71)72-35-13-4-14-36-72)89-63-82-81-45-19-26-52-91(81)99(92(82)64-90(89)98,79-41-15-5-16-42-79)80-43-17-6-18-44-80/h1-64H. The van der Waals surface area contributed by atoms with Gasteiger partial charge in [0.15, 0.2) is 8.07 Å². The molecule has 6 nitrogen and oxygen atoms in total. The van der Waals surface area contributed by atoms with E-state index in [0.29, 0.717) is 0 Å². The molecule has 0 spiro atoms. The molecule has 0 amide bonds. The van der Waals surface area contributed by atoms with Crippen molar-refractivity contribution in [3.05, 3.63) is 388 Å². The molecule has 0 aliphatic carbocycles. The molecule has 0 saturated heterocycles. The molecule has 0 saturated carbocycles. The molecule has 16 aromatic carbocycles. The van der Waals surface area contributed by atoms with E-state index in [9.17, 15) is 0 Å². The third kappa shape index (κ3) is 9.46. The molecule has 3 aliphatic heterocycles. The fourth-order valence-electron chi connectivity index (χ4n) is 16.0. The summed E-state index contributed by atoms with van der Waals surface area (Å²) in [6, 6.07) is 143. The van der Waals surface area contributed by atoms with Crippen molar-refractivity contribution in [1.29, 1.82) is 0 Å². The van der Waals surface area contributed by atoms with Crippen LogP contribution < -0.4 is 50.1 Å². The maximum Gasteiger partial charge on any atom is 0.180 e. The van der Waals surface area contributed by atoms with Gasteiger partial charge < -0.3 is 29.4 Å². The Morgan fingerprint density at radius 1 is 0.182 bits per heavy atom. The number of anilines is 18. The Balaban J connectivity index is 0.749. The van der Waals surface area contributed by atoms with Crippen molar-refractivity contribution >= 4 is 153 Å². The zero-order valence-electron chi connectivity index (χ0n) is 54.1. The van der Waals surface area contributed by atoms with E-state index in [1.54, 1.807) is 0 Å². The van der Waals surface area contributed by atoms with E-state index in [1.807, 2.05) is 0 Å². The van der Waals surface area contributed by atoms with Gasteiger partial charge in [0.25, 0.3) is 0 Å². The van der Waals surface area contributed by atoms with Gasteiger partial charge in [0.05, 0.1) is 45.5 Å². The lowest BCUT2D eigenvalue weighted by atomic mass is 9.98. The van der Waals surface area contributed by atoms with E-state index in [2.05, 4.69) is 418 Å². The van der Waals surface area contributed by atoms with Crippen LogP contribution in [0.1, 0.15) is 0 Å². The minimum absolute atomic E-state index is 1.07. The van der Waals surface area contributed by atoms with Gasteiger partial charge in [-0.25, -0.2) is 0 Å². The number of hydrogen-bond acceptors (Lipinski definition) is 6. The highest BCUT2D eigenvalue weighted by Crippen LogP contribution is 2.58. The molecule has 466 valence electrons. The SMILES string of the molecule is c1ccc(N(c2ccccc2)c2cccc(N3c4ccccc4N(c4ccc5cc6cc(N7c8ccccc8N(c8cccc(N(c9ccccc9)c9ccccc9)c8)c8cc9c(cc87)[Si](c7ccccc7)(c7ccccc7)c7ccccc7-9)ccc6cc5c4)c4ccccc43)c2)cc1. The largest absolute Gasteiger partial charge is 0.310 e. The van der Waals surface area contributed by atoms with Crippen molar-refractivity contribution in [3.8, 4) is 11.1 Å². The Morgan fingerprint density at radius 2 is 0.495 bits per heavy atom. The van der Waals surface area contributed by atoms with Crippen molar-refractivity contribution in [2.45, 2.75) is 0 Å². The summed E-state index contributed by atoms with van der Waals surface area (Å²) in [5.41, 5.74) is 22.2. The van der Waals surface area contributed by atoms with Crippen LogP contribution >= 0.6 is 0 Å². The first-order valence-electron chi connectivity index (χ1n) is 34.0. The molecule has 7 heteroatoms. The lowest BCUT2D eigenvalue weighted by molar-refractivity contribution is 1.17. The summed E-state index contributed by atoms with van der Waals surface area (Å²) < 4.78 is 0. The van der Waals surface area contributed by atoms with Crippen molar-refractivity contribution in [1.82, 2.24) is 0 Å². The first-order chi connectivity index (χ1) is 49.1. The van der Waals surface area contributed by atoms with Gasteiger partial charge in [-0.1, -0.05) is 218 Å². The van der Waals surface area contributed by atoms with E-state index in [-0.39, 0.29) is 0 Å². The average molecular weight is 1280 g/mol. The zero-order chi connectivity index (χ0) is 65.4. The van der Waals surface area contributed by atoms with Gasteiger partial charge in [-0.2, -0.15) is 0 Å². The van der Waals surface area contributed by atoms with Gasteiger partial charge in [-0.3, -0.25) is 0 Å². The minimum Gasteiger partial charge on any atom is -0.310 e. The molecule has 0 fully saturated rings. The summed E-state index contributed by atoms with van der Waals surface area (Å²) in [5.74, 6) is 0. The summed E-state index contributed by atoms with van der Waals surface area (Å²) in [6.45, 7) is 0. The maximum absolute atomic E-state index is 2.94. The van der Waals surface area contributed by atoms with Gasteiger partial charge in [0.2, 0.25) is 0 Å². The van der Waals surface area contributed by atoms with E-state index in [4.69, 9.17) is 0 Å². The highest BCUT2D eigenvalue weighted by atomic mass is 28.3. The van der Waals surface area contributed by atoms with Gasteiger partial charge in [-0.15, -0.1) is 0 Å². The van der Waals surface area contributed by atoms with Crippen LogP contribution in [-0.2, 0) is 0 Å². The van der Waals surface area contributed by atoms with Crippen LogP contribution in [0.25, 0.3) is 32.7 Å².